The molecule has 5 nitrogen and oxygen atoms in total. The Morgan fingerprint density at radius 3 is 2.11 bits per heavy atom. The number of nitrogens with zero attached hydrogens (tertiary/aromatic N) is 1. The minimum atomic E-state index is -0.656. The molecule has 1 unspecified atom stereocenters. The van der Waals surface area contributed by atoms with E-state index in [1.54, 1.807) is 24.3 Å². The molecule has 0 radical (unpaired) electrons. The summed E-state index contributed by atoms with van der Waals surface area (Å²) in [6.45, 7) is 0.625. The molecule has 5 heteroatoms. The number of rotatable bonds is 7. The smallest absolute Gasteiger partial charge is 0.211 e. The van der Waals surface area contributed by atoms with E-state index in [9.17, 15) is 9.90 Å². The molecule has 27 heavy (non-hydrogen) atoms. The number of carbonyl (C=O) groups is 1. The molecular weight excluding hydrogens is 340 g/mol. The molecule has 0 aliphatic heterocycles. The van der Waals surface area contributed by atoms with E-state index in [2.05, 4.69) is 34.1 Å². The number of aromatic nitrogens is 1. The first-order valence-corrected chi connectivity index (χ1v) is 8.83. The Balaban J connectivity index is 1.50. The molecular formula is C22H20N2O3. The number of aliphatic hydroxyl groups is 1. The van der Waals surface area contributed by atoms with Gasteiger partial charge in [0.2, 0.25) is 6.41 Å². The van der Waals surface area contributed by atoms with Crippen LogP contribution in [0.4, 0.5) is 5.69 Å². The van der Waals surface area contributed by atoms with Crippen molar-refractivity contribution in [3.63, 3.8) is 0 Å². The molecule has 0 saturated carbocycles. The van der Waals surface area contributed by atoms with Crippen molar-refractivity contribution in [3.8, 4) is 5.75 Å². The third-order valence-electron chi connectivity index (χ3n) is 4.60. The van der Waals surface area contributed by atoms with Gasteiger partial charge in [0.25, 0.3) is 0 Å². The molecule has 0 saturated heterocycles. The topological polar surface area (TPSA) is 63.5 Å². The van der Waals surface area contributed by atoms with E-state index in [1.807, 2.05) is 24.3 Å². The Kier molecular flexibility index (Phi) is 4.77. The first kappa shape index (κ1) is 17.1. The van der Waals surface area contributed by atoms with Gasteiger partial charge in [0.1, 0.15) is 18.5 Å². The average molecular weight is 360 g/mol. The lowest BCUT2D eigenvalue weighted by atomic mass is 10.2. The van der Waals surface area contributed by atoms with Gasteiger partial charge in [-0.2, -0.15) is 0 Å². The molecule has 0 spiro atoms. The van der Waals surface area contributed by atoms with Crippen LogP contribution >= 0.6 is 0 Å². The summed E-state index contributed by atoms with van der Waals surface area (Å²) in [6.07, 6.45) is -0.0253. The highest BCUT2D eigenvalue weighted by molar-refractivity contribution is 6.07. The molecule has 1 atom stereocenters. The molecule has 1 heterocycles. The van der Waals surface area contributed by atoms with E-state index in [-0.39, 0.29) is 6.61 Å². The third kappa shape index (κ3) is 3.50. The SMILES string of the molecule is O=CNc1ccc(OCC(O)Cn2c3ccccc3c3ccccc32)cc1. The van der Waals surface area contributed by atoms with E-state index in [1.165, 1.54) is 10.8 Å². The van der Waals surface area contributed by atoms with E-state index in [0.717, 1.165) is 11.0 Å². The van der Waals surface area contributed by atoms with E-state index < -0.39 is 6.10 Å². The lowest BCUT2D eigenvalue weighted by molar-refractivity contribution is -0.105. The van der Waals surface area contributed by atoms with Crippen molar-refractivity contribution in [1.82, 2.24) is 4.57 Å². The maximum atomic E-state index is 10.5. The fraction of sp³-hybridized carbons (Fsp3) is 0.136. The number of amides is 1. The van der Waals surface area contributed by atoms with E-state index >= 15 is 0 Å². The van der Waals surface area contributed by atoms with Crippen molar-refractivity contribution in [2.24, 2.45) is 0 Å². The summed E-state index contributed by atoms with van der Waals surface area (Å²) in [5, 5.41) is 15.5. The highest BCUT2D eigenvalue weighted by atomic mass is 16.5. The Morgan fingerprint density at radius 1 is 0.926 bits per heavy atom. The minimum absolute atomic E-state index is 0.182. The standard InChI is InChI=1S/C22H20N2O3/c25-15-23-16-9-11-18(12-10-16)27-14-17(26)13-24-21-7-3-1-5-19(21)20-6-2-4-8-22(20)24/h1-12,15,17,26H,13-14H2,(H,23,25). The molecule has 0 bridgehead atoms. The van der Waals surface area contributed by atoms with Crippen LogP contribution in [0.2, 0.25) is 0 Å². The number of aliphatic hydroxyl groups excluding tert-OH is 1. The second-order valence-electron chi connectivity index (χ2n) is 6.40. The number of benzene rings is 3. The number of ether oxygens (including phenoxy) is 1. The molecule has 1 amide bonds. The van der Waals surface area contributed by atoms with Crippen LogP contribution < -0.4 is 10.1 Å². The summed E-state index contributed by atoms with van der Waals surface area (Å²) in [5.41, 5.74) is 2.90. The van der Waals surface area contributed by atoms with E-state index in [0.29, 0.717) is 24.4 Å². The Bertz CT molecular complexity index is 1020. The molecule has 2 N–H and O–H groups in total. The predicted octanol–water partition coefficient (Wildman–Crippen LogP) is 3.80. The molecule has 4 rings (SSSR count). The number of fused-ring (bicyclic) bond motifs is 3. The quantitative estimate of drug-likeness (QED) is 0.493. The number of hydrogen-bond donors (Lipinski definition) is 2. The fourth-order valence-corrected chi connectivity index (χ4v) is 3.37. The van der Waals surface area contributed by atoms with Crippen LogP contribution in [0, 0.1) is 0 Å². The second kappa shape index (κ2) is 7.51. The number of hydrogen-bond acceptors (Lipinski definition) is 3. The fourth-order valence-electron chi connectivity index (χ4n) is 3.37. The number of anilines is 1. The van der Waals surface area contributed by atoms with Crippen molar-refractivity contribution in [2.45, 2.75) is 12.6 Å². The molecule has 1 aromatic heterocycles. The van der Waals surface area contributed by atoms with Gasteiger partial charge in [0, 0.05) is 27.5 Å². The van der Waals surface area contributed by atoms with Gasteiger partial charge in [-0.3, -0.25) is 4.79 Å². The largest absolute Gasteiger partial charge is 0.491 e. The van der Waals surface area contributed by atoms with Gasteiger partial charge in [-0.15, -0.1) is 0 Å². The van der Waals surface area contributed by atoms with Crippen molar-refractivity contribution < 1.29 is 14.6 Å². The molecule has 4 aromatic rings. The molecule has 0 fully saturated rings. The van der Waals surface area contributed by atoms with Crippen LogP contribution in [0.25, 0.3) is 21.8 Å². The number of carbonyl (C=O) groups excluding carboxylic acids is 1. The van der Waals surface area contributed by atoms with Gasteiger partial charge < -0.3 is 19.7 Å². The normalized spacial score (nSPS) is 12.2. The first-order valence-electron chi connectivity index (χ1n) is 8.83. The van der Waals surface area contributed by atoms with Gasteiger partial charge in [-0.25, -0.2) is 0 Å². The van der Waals surface area contributed by atoms with Crippen LogP contribution in [0.15, 0.2) is 72.8 Å². The van der Waals surface area contributed by atoms with Crippen LogP contribution in [-0.4, -0.2) is 28.8 Å². The van der Waals surface area contributed by atoms with Gasteiger partial charge in [0.05, 0.1) is 6.54 Å². The summed E-state index contributed by atoms with van der Waals surface area (Å²) in [7, 11) is 0. The first-order chi connectivity index (χ1) is 13.3. The van der Waals surface area contributed by atoms with Gasteiger partial charge in [-0.05, 0) is 36.4 Å². The Morgan fingerprint density at radius 2 is 1.52 bits per heavy atom. The number of nitrogens with one attached hydrogen (secondary N) is 1. The van der Waals surface area contributed by atoms with Gasteiger partial charge in [-0.1, -0.05) is 36.4 Å². The lowest BCUT2D eigenvalue weighted by Gasteiger charge is -2.15. The minimum Gasteiger partial charge on any atom is -0.491 e. The lowest BCUT2D eigenvalue weighted by Crippen LogP contribution is -2.23. The van der Waals surface area contributed by atoms with Crippen molar-refractivity contribution in [2.75, 3.05) is 11.9 Å². The third-order valence-corrected chi connectivity index (χ3v) is 4.60. The van der Waals surface area contributed by atoms with Crippen LogP contribution in [0.5, 0.6) is 5.75 Å². The summed E-state index contributed by atoms with van der Waals surface area (Å²) in [4.78, 5) is 10.4. The van der Waals surface area contributed by atoms with E-state index in [4.69, 9.17) is 4.74 Å². The van der Waals surface area contributed by atoms with Crippen molar-refractivity contribution >= 4 is 33.9 Å². The maximum Gasteiger partial charge on any atom is 0.211 e. The van der Waals surface area contributed by atoms with Gasteiger partial charge in [0.15, 0.2) is 0 Å². The maximum absolute atomic E-state index is 10.5. The summed E-state index contributed by atoms with van der Waals surface area (Å²) in [6, 6.07) is 23.5. The van der Waals surface area contributed by atoms with Crippen LogP contribution in [0.1, 0.15) is 0 Å². The zero-order valence-corrected chi connectivity index (χ0v) is 14.7. The Labute approximate surface area is 156 Å². The molecule has 136 valence electrons. The monoisotopic (exact) mass is 360 g/mol. The molecule has 0 aliphatic carbocycles. The summed E-state index contributed by atoms with van der Waals surface area (Å²) in [5.74, 6) is 0.646. The van der Waals surface area contributed by atoms with Crippen molar-refractivity contribution in [3.05, 3.63) is 72.8 Å². The van der Waals surface area contributed by atoms with Crippen LogP contribution in [0.3, 0.4) is 0 Å². The number of para-hydroxylation sites is 2. The van der Waals surface area contributed by atoms with Crippen LogP contribution in [-0.2, 0) is 11.3 Å². The second-order valence-corrected chi connectivity index (χ2v) is 6.40. The zero-order valence-electron chi connectivity index (χ0n) is 14.7. The van der Waals surface area contributed by atoms with Gasteiger partial charge >= 0.3 is 0 Å². The summed E-state index contributed by atoms with van der Waals surface area (Å²) < 4.78 is 7.83. The molecule has 3 aromatic carbocycles. The van der Waals surface area contributed by atoms with Crippen molar-refractivity contribution in [1.29, 1.82) is 0 Å². The average Bonchev–Trinajstić information content (AvgIpc) is 3.02. The highest BCUT2D eigenvalue weighted by Gasteiger charge is 2.13. The summed E-state index contributed by atoms with van der Waals surface area (Å²) >= 11 is 0. The zero-order chi connectivity index (χ0) is 18.6. The molecule has 0 aliphatic rings. The highest BCUT2D eigenvalue weighted by Crippen LogP contribution is 2.29. The predicted molar refractivity (Wildman–Crippen MR) is 107 cm³/mol. The Hall–Kier alpha value is -3.31.